The average Bonchev–Trinajstić information content (AvgIpc) is 3.88. The number of thiophene rings is 1. The van der Waals surface area contributed by atoms with Crippen molar-refractivity contribution < 1.29 is 0 Å². The number of benzene rings is 8. The molecule has 3 heterocycles. The zero-order chi connectivity index (χ0) is 36.1. The summed E-state index contributed by atoms with van der Waals surface area (Å²) in [6.07, 6.45) is 0. The third-order valence-corrected chi connectivity index (χ3v) is 12.7. The molecule has 0 atom stereocenters. The van der Waals surface area contributed by atoms with E-state index in [1.165, 1.54) is 59.6 Å². The Kier molecular flexibility index (Phi) is 6.42. The van der Waals surface area contributed by atoms with E-state index in [-0.39, 0.29) is 0 Å². The zero-order valence-corrected chi connectivity index (χ0v) is 30.5. The Bertz CT molecular complexity index is 3280. The van der Waals surface area contributed by atoms with Crippen molar-refractivity contribution in [2.24, 2.45) is 0 Å². The molecule has 0 amide bonds. The highest BCUT2D eigenvalue weighted by atomic mass is 32.1. The minimum atomic E-state index is -0.522. The monoisotopic (exact) mass is 717 g/mol. The number of nitrogens with zero attached hydrogens (tertiary/aromatic N) is 3. The third-order valence-electron chi connectivity index (χ3n) is 11.7. The van der Waals surface area contributed by atoms with Crippen LogP contribution in [-0.2, 0) is 5.41 Å². The molecule has 0 aliphatic heterocycles. The smallest absolute Gasteiger partial charge is 0.165 e. The largest absolute Gasteiger partial charge is 0.292 e. The van der Waals surface area contributed by atoms with Crippen LogP contribution in [0.15, 0.2) is 188 Å². The molecule has 1 aliphatic rings. The number of rotatable bonds is 4. The van der Waals surface area contributed by atoms with Gasteiger partial charge in [0, 0.05) is 26.4 Å². The molecule has 0 N–H and O–H groups in total. The van der Waals surface area contributed by atoms with Crippen molar-refractivity contribution in [1.29, 1.82) is 0 Å². The van der Waals surface area contributed by atoms with Crippen LogP contribution in [0.2, 0.25) is 0 Å². The van der Waals surface area contributed by atoms with E-state index in [2.05, 4.69) is 193 Å². The van der Waals surface area contributed by atoms with Gasteiger partial charge in [0.25, 0.3) is 0 Å². The summed E-state index contributed by atoms with van der Waals surface area (Å²) in [5, 5.41) is 5.95. The Labute approximate surface area is 321 Å². The predicted molar refractivity (Wildman–Crippen MR) is 230 cm³/mol. The van der Waals surface area contributed by atoms with Crippen LogP contribution in [-0.4, -0.2) is 14.5 Å². The minimum Gasteiger partial charge on any atom is -0.292 e. The van der Waals surface area contributed by atoms with E-state index in [1.54, 1.807) is 11.3 Å². The second kappa shape index (κ2) is 11.6. The van der Waals surface area contributed by atoms with Gasteiger partial charge in [-0.3, -0.25) is 4.57 Å². The SMILES string of the molecule is c1ccc(C2(c3ccccc3)c3ccccc3-c3ccc(-c4nc5sc6ccccc6c5nc4-n4c5ccccc5c5cc6ccccc6cc54)cc32)cc1. The molecule has 3 aromatic heterocycles. The third kappa shape index (κ3) is 4.26. The van der Waals surface area contributed by atoms with Gasteiger partial charge in [-0.25, -0.2) is 9.97 Å². The number of aromatic nitrogens is 3. The fourth-order valence-electron chi connectivity index (χ4n) is 9.34. The van der Waals surface area contributed by atoms with Crippen molar-refractivity contribution >= 4 is 64.3 Å². The predicted octanol–water partition coefficient (Wildman–Crippen LogP) is 13.1. The van der Waals surface area contributed by atoms with Crippen LogP contribution < -0.4 is 0 Å². The number of hydrogen-bond donors (Lipinski definition) is 0. The minimum absolute atomic E-state index is 0.522. The molecule has 4 heteroatoms. The van der Waals surface area contributed by atoms with Gasteiger partial charge in [-0.1, -0.05) is 158 Å². The van der Waals surface area contributed by atoms with Crippen LogP contribution >= 0.6 is 11.3 Å². The van der Waals surface area contributed by atoms with Gasteiger partial charge in [-0.05, 0) is 74.5 Å². The molecule has 8 aromatic carbocycles. The average molecular weight is 718 g/mol. The van der Waals surface area contributed by atoms with Crippen molar-refractivity contribution in [1.82, 2.24) is 14.5 Å². The van der Waals surface area contributed by atoms with Crippen LogP contribution in [0.1, 0.15) is 22.3 Å². The molecule has 0 spiro atoms. The molecule has 0 unspecified atom stereocenters. The first-order valence-corrected chi connectivity index (χ1v) is 19.6. The molecule has 1 aliphatic carbocycles. The summed E-state index contributed by atoms with van der Waals surface area (Å²) in [6.45, 7) is 0. The summed E-state index contributed by atoms with van der Waals surface area (Å²) in [6, 6.07) is 68.4. The molecule has 12 rings (SSSR count). The summed E-state index contributed by atoms with van der Waals surface area (Å²) >= 11 is 1.71. The first-order valence-electron chi connectivity index (χ1n) is 18.7. The van der Waals surface area contributed by atoms with Crippen molar-refractivity contribution in [2.45, 2.75) is 5.41 Å². The van der Waals surface area contributed by atoms with E-state index in [0.717, 1.165) is 43.8 Å². The lowest BCUT2D eigenvalue weighted by atomic mass is 9.67. The Hall–Kier alpha value is -6.88. The first kappa shape index (κ1) is 30.6. The second-order valence-electron chi connectivity index (χ2n) is 14.5. The van der Waals surface area contributed by atoms with Gasteiger partial charge < -0.3 is 0 Å². The topological polar surface area (TPSA) is 30.7 Å². The van der Waals surface area contributed by atoms with Crippen LogP contribution in [0.4, 0.5) is 0 Å². The molecule has 256 valence electrons. The molecule has 11 aromatic rings. The maximum atomic E-state index is 5.66. The number of para-hydroxylation sites is 1. The van der Waals surface area contributed by atoms with Gasteiger partial charge in [-0.2, -0.15) is 0 Å². The highest BCUT2D eigenvalue weighted by Crippen LogP contribution is 2.57. The highest BCUT2D eigenvalue weighted by molar-refractivity contribution is 7.25. The van der Waals surface area contributed by atoms with Gasteiger partial charge in [0.05, 0.1) is 16.4 Å². The van der Waals surface area contributed by atoms with Gasteiger partial charge in [-0.15, -0.1) is 11.3 Å². The van der Waals surface area contributed by atoms with Crippen LogP contribution in [0.5, 0.6) is 0 Å². The van der Waals surface area contributed by atoms with E-state index in [1.807, 2.05) is 0 Å². The Morgan fingerprint density at radius 2 is 1.09 bits per heavy atom. The Morgan fingerprint density at radius 3 is 1.89 bits per heavy atom. The maximum absolute atomic E-state index is 5.66. The van der Waals surface area contributed by atoms with Gasteiger partial charge in [0.15, 0.2) is 5.82 Å². The summed E-state index contributed by atoms with van der Waals surface area (Å²) in [5.41, 5.74) is 12.1. The van der Waals surface area contributed by atoms with Crippen molar-refractivity contribution in [3.63, 3.8) is 0 Å². The lowest BCUT2D eigenvalue weighted by Gasteiger charge is -2.34. The fourth-order valence-corrected chi connectivity index (χ4v) is 10.4. The molecule has 0 saturated carbocycles. The van der Waals surface area contributed by atoms with Gasteiger partial charge >= 0.3 is 0 Å². The van der Waals surface area contributed by atoms with E-state index in [4.69, 9.17) is 9.97 Å². The Balaban J connectivity index is 1.21. The van der Waals surface area contributed by atoms with Crippen LogP contribution in [0.3, 0.4) is 0 Å². The molecule has 0 radical (unpaired) electrons. The van der Waals surface area contributed by atoms with Gasteiger partial charge in [0.2, 0.25) is 0 Å². The summed E-state index contributed by atoms with van der Waals surface area (Å²) in [4.78, 5) is 12.2. The number of fused-ring (bicyclic) bond motifs is 10. The Morgan fingerprint density at radius 1 is 0.455 bits per heavy atom. The second-order valence-corrected chi connectivity index (χ2v) is 15.5. The van der Waals surface area contributed by atoms with Crippen molar-refractivity contribution in [3.05, 3.63) is 210 Å². The van der Waals surface area contributed by atoms with E-state index in [0.29, 0.717) is 0 Å². The van der Waals surface area contributed by atoms with E-state index < -0.39 is 5.41 Å². The first-order chi connectivity index (χ1) is 27.3. The molecule has 0 fully saturated rings. The molecule has 3 nitrogen and oxygen atoms in total. The van der Waals surface area contributed by atoms with Gasteiger partial charge in [0.1, 0.15) is 16.0 Å². The molecular formula is C51H31N3S. The summed E-state index contributed by atoms with van der Waals surface area (Å²) in [5.74, 6) is 0.831. The van der Waals surface area contributed by atoms with Crippen molar-refractivity contribution in [2.75, 3.05) is 0 Å². The molecule has 0 bridgehead atoms. The van der Waals surface area contributed by atoms with E-state index >= 15 is 0 Å². The molecule has 55 heavy (non-hydrogen) atoms. The van der Waals surface area contributed by atoms with Crippen molar-refractivity contribution in [3.8, 4) is 28.2 Å². The quantitative estimate of drug-likeness (QED) is 0.181. The van der Waals surface area contributed by atoms with Crippen LogP contribution in [0.25, 0.3) is 81.2 Å². The summed E-state index contributed by atoms with van der Waals surface area (Å²) in [7, 11) is 0. The summed E-state index contributed by atoms with van der Waals surface area (Å²) < 4.78 is 3.54. The molecule has 0 saturated heterocycles. The maximum Gasteiger partial charge on any atom is 0.165 e. The molecular weight excluding hydrogens is 687 g/mol. The fraction of sp³-hybridized carbons (Fsp3) is 0.0196. The standard InChI is InChI=1S/C51H31N3S/c1-3-17-35(18-4-1)51(36-19-5-2-6-20-36)42-24-12-9-21-37(42)38-28-27-34(30-43(38)51)47-49(52-48-40-23-11-14-26-46(40)55-50(48)53-47)54-44-25-13-10-22-39(44)41-29-32-15-7-8-16-33(32)31-45(41)54/h1-31H. The lowest BCUT2D eigenvalue weighted by Crippen LogP contribution is -2.28. The highest BCUT2D eigenvalue weighted by Gasteiger charge is 2.46. The normalized spacial score (nSPS) is 13.2. The van der Waals surface area contributed by atoms with Crippen LogP contribution in [0, 0.1) is 0 Å². The zero-order valence-electron chi connectivity index (χ0n) is 29.6. The lowest BCUT2D eigenvalue weighted by molar-refractivity contribution is 0.768. The number of hydrogen-bond acceptors (Lipinski definition) is 3. The van der Waals surface area contributed by atoms with E-state index in [9.17, 15) is 0 Å².